The summed E-state index contributed by atoms with van der Waals surface area (Å²) in [4.78, 5) is 5.07. The molecule has 1 aromatic heterocycles. The summed E-state index contributed by atoms with van der Waals surface area (Å²) in [6.45, 7) is 7.72. The summed E-state index contributed by atoms with van der Waals surface area (Å²) in [6.07, 6.45) is 4.97. The zero-order chi connectivity index (χ0) is 17.1. The fourth-order valence-corrected chi connectivity index (χ4v) is 4.29. The van der Waals surface area contributed by atoms with E-state index in [9.17, 15) is 0 Å². The lowest BCUT2D eigenvalue weighted by Crippen LogP contribution is -2.48. The van der Waals surface area contributed by atoms with Crippen LogP contribution >= 0.6 is 0 Å². The van der Waals surface area contributed by atoms with Crippen LogP contribution in [0.15, 0.2) is 30.3 Å². The maximum atomic E-state index is 4.50. The molecule has 1 saturated carbocycles. The molecular weight excluding hydrogens is 312 g/mol. The van der Waals surface area contributed by atoms with Crippen LogP contribution in [0, 0.1) is 0 Å². The Labute approximate surface area is 149 Å². The van der Waals surface area contributed by atoms with Crippen LogP contribution in [-0.2, 0) is 0 Å². The number of rotatable bonds is 5. The van der Waals surface area contributed by atoms with Crippen LogP contribution in [0.2, 0.25) is 0 Å². The van der Waals surface area contributed by atoms with Crippen LogP contribution in [-0.4, -0.2) is 62.7 Å². The minimum absolute atomic E-state index is 0.149. The Bertz CT molecular complexity index is 656. The maximum Gasteiger partial charge on any atom is 0.173 e. The SMILES string of the molecule is CCN1CCN([C@H](c2ccccc2)c2nnnn2C2CCCC2)CC1. The molecule has 134 valence electrons. The van der Waals surface area contributed by atoms with Gasteiger partial charge in [0, 0.05) is 26.2 Å². The number of aromatic nitrogens is 4. The Balaban J connectivity index is 1.66. The summed E-state index contributed by atoms with van der Waals surface area (Å²) in [5.74, 6) is 1.02. The molecule has 2 aromatic rings. The maximum absolute atomic E-state index is 4.50. The van der Waals surface area contributed by atoms with E-state index in [-0.39, 0.29) is 6.04 Å². The van der Waals surface area contributed by atoms with Gasteiger partial charge < -0.3 is 4.90 Å². The molecule has 6 heteroatoms. The third-order valence-corrected chi connectivity index (χ3v) is 5.77. The highest BCUT2D eigenvalue weighted by Gasteiger charge is 2.32. The summed E-state index contributed by atoms with van der Waals surface area (Å²) in [5.41, 5.74) is 1.29. The lowest BCUT2D eigenvalue weighted by atomic mass is 10.0. The Morgan fingerprint density at radius 2 is 1.76 bits per heavy atom. The number of tetrazole rings is 1. The summed E-state index contributed by atoms with van der Waals surface area (Å²) < 4.78 is 2.12. The van der Waals surface area contributed by atoms with Crippen molar-refractivity contribution in [1.82, 2.24) is 30.0 Å². The Morgan fingerprint density at radius 3 is 2.44 bits per heavy atom. The van der Waals surface area contributed by atoms with Gasteiger partial charge in [0.15, 0.2) is 5.82 Å². The highest BCUT2D eigenvalue weighted by molar-refractivity contribution is 5.25. The van der Waals surface area contributed by atoms with Crippen molar-refractivity contribution < 1.29 is 0 Å². The van der Waals surface area contributed by atoms with Gasteiger partial charge in [0.05, 0.1) is 12.1 Å². The smallest absolute Gasteiger partial charge is 0.173 e. The van der Waals surface area contributed by atoms with E-state index in [0.29, 0.717) is 6.04 Å². The molecule has 1 saturated heterocycles. The first-order chi connectivity index (χ1) is 12.4. The van der Waals surface area contributed by atoms with Gasteiger partial charge in [0.2, 0.25) is 0 Å². The van der Waals surface area contributed by atoms with Gasteiger partial charge in [0.1, 0.15) is 0 Å². The first-order valence-corrected chi connectivity index (χ1v) is 9.66. The molecule has 2 heterocycles. The van der Waals surface area contributed by atoms with E-state index in [1.807, 2.05) is 0 Å². The van der Waals surface area contributed by atoms with Crippen LogP contribution in [0.25, 0.3) is 0 Å². The van der Waals surface area contributed by atoms with E-state index in [1.54, 1.807) is 0 Å². The number of likely N-dealkylation sites (N-methyl/N-ethyl adjacent to an activating group) is 1. The number of nitrogens with zero attached hydrogens (tertiary/aromatic N) is 6. The highest BCUT2D eigenvalue weighted by atomic mass is 15.6. The van der Waals surface area contributed by atoms with Crippen LogP contribution in [0.4, 0.5) is 0 Å². The Hall–Kier alpha value is -1.79. The molecule has 0 radical (unpaired) electrons. The van der Waals surface area contributed by atoms with Gasteiger partial charge in [-0.3, -0.25) is 4.90 Å². The lowest BCUT2D eigenvalue weighted by molar-refractivity contribution is 0.107. The number of hydrogen-bond donors (Lipinski definition) is 0. The summed E-state index contributed by atoms with van der Waals surface area (Å²) in [6, 6.07) is 11.4. The zero-order valence-corrected chi connectivity index (χ0v) is 15.1. The van der Waals surface area contributed by atoms with E-state index >= 15 is 0 Å². The number of hydrogen-bond acceptors (Lipinski definition) is 5. The summed E-state index contributed by atoms with van der Waals surface area (Å²) in [5, 5.41) is 13.0. The lowest BCUT2D eigenvalue weighted by Gasteiger charge is -2.38. The number of piperazine rings is 1. The predicted molar refractivity (Wildman–Crippen MR) is 97.3 cm³/mol. The first-order valence-electron chi connectivity index (χ1n) is 9.66. The van der Waals surface area contributed by atoms with E-state index < -0.39 is 0 Å². The van der Waals surface area contributed by atoms with Gasteiger partial charge in [0.25, 0.3) is 0 Å². The minimum atomic E-state index is 0.149. The van der Waals surface area contributed by atoms with Crippen LogP contribution < -0.4 is 0 Å². The highest BCUT2D eigenvalue weighted by Crippen LogP contribution is 2.34. The van der Waals surface area contributed by atoms with Crippen molar-refractivity contribution in [2.45, 2.75) is 44.7 Å². The molecule has 2 aliphatic rings. The first kappa shape index (κ1) is 16.7. The second-order valence-corrected chi connectivity index (χ2v) is 7.20. The molecule has 1 atom stereocenters. The molecule has 0 N–H and O–H groups in total. The molecule has 0 unspecified atom stereocenters. The van der Waals surface area contributed by atoms with E-state index in [2.05, 4.69) is 67.3 Å². The molecule has 25 heavy (non-hydrogen) atoms. The fraction of sp³-hybridized carbons (Fsp3) is 0.632. The van der Waals surface area contributed by atoms with Crippen molar-refractivity contribution in [3.8, 4) is 0 Å². The van der Waals surface area contributed by atoms with E-state index in [0.717, 1.165) is 38.5 Å². The van der Waals surface area contributed by atoms with Crippen molar-refractivity contribution in [3.05, 3.63) is 41.7 Å². The fourth-order valence-electron chi connectivity index (χ4n) is 4.29. The van der Waals surface area contributed by atoms with Gasteiger partial charge >= 0.3 is 0 Å². The second-order valence-electron chi connectivity index (χ2n) is 7.20. The molecule has 1 aromatic carbocycles. The molecular formula is C19H28N6. The van der Waals surface area contributed by atoms with Crippen LogP contribution in [0.1, 0.15) is 56.1 Å². The predicted octanol–water partition coefficient (Wildman–Crippen LogP) is 2.52. The molecule has 0 spiro atoms. The van der Waals surface area contributed by atoms with Crippen molar-refractivity contribution in [3.63, 3.8) is 0 Å². The van der Waals surface area contributed by atoms with Gasteiger partial charge in [-0.2, -0.15) is 0 Å². The van der Waals surface area contributed by atoms with Crippen molar-refractivity contribution in [1.29, 1.82) is 0 Å². The van der Waals surface area contributed by atoms with Gasteiger partial charge in [-0.25, -0.2) is 4.68 Å². The van der Waals surface area contributed by atoms with Crippen LogP contribution in [0.3, 0.4) is 0 Å². The standard InChI is InChI=1S/C19H28N6/c1-2-23-12-14-24(15-13-23)18(16-8-4-3-5-9-16)19-20-21-22-25(19)17-10-6-7-11-17/h3-5,8-9,17-18H,2,6-7,10-15H2,1H3/t18-/m1/s1. The molecule has 6 nitrogen and oxygen atoms in total. The van der Waals surface area contributed by atoms with Crippen molar-refractivity contribution in [2.75, 3.05) is 32.7 Å². The molecule has 2 fully saturated rings. The van der Waals surface area contributed by atoms with Crippen molar-refractivity contribution in [2.24, 2.45) is 0 Å². The third kappa shape index (κ3) is 3.46. The van der Waals surface area contributed by atoms with Gasteiger partial charge in [-0.05, 0) is 35.4 Å². The average molecular weight is 340 g/mol. The zero-order valence-electron chi connectivity index (χ0n) is 15.1. The topological polar surface area (TPSA) is 50.1 Å². The van der Waals surface area contributed by atoms with Gasteiger partial charge in [-0.15, -0.1) is 5.10 Å². The molecule has 0 bridgehead atoms. The molecule has 1 aliphatic heterocycles. The molecule has 4 rings (SSSR count). The second kappa shape index (κ2) is 7.62. The largest absolute Gasteiger partial charge is 0.301 e. The van der Waals surface area contributed by atoms with Gasteiger partial charge in [-0.1, -0.05) is 50.1 Å². The number of benzene rings is 1. The minimum Gasteiger partial charge on any atom is -0.301 e. The monoisotopic (exact) mass is 340 g/mol. The Morgan fingerprint density at radius 1 is 1.04 bits per heavy atom. The van der Waals surface area contributed by atoms with Crippen molar-refractivity contribution >= 4 is 0 Å². The van der Waals surface area contributed by atoms with Crippen LogP contribution in [0.5, 0.6) is 0 Å². The summed E-state index contributed by atoms with van der Waals surface area (Å²) in [7, 11) is 0. The molecule has 0 amide bonds. The van der Waals surface area contributed by atoms with E-state index in [1.165, 1.54) is 31.2 Å². The summed E-state index contributed by atoms with van der Waals surface area (Å²) >= 11 is 0. The normalized spacial score (nSPS) is 21.6. The Kier molecular flexibility index (Phi) is 5.08. The van der Waals surface area contributed by atoms with E-state index in [4.69, 9.17) is 0 Å². The molecule has 1 aliphatic carbocycles. The third-order valence-electron chi connectivity index (χ3n) is 5.77. The quantitative estimate of drug-likeness (QED) is 0.837. The average Bonchev–Trinajstić information content (AvgIpc) is 3.35.